The molecule has 0 bridgehead atoms. The van der Waals surface area contributed by atoms with E-state index in [1.807, 2.05) is 37.3 Å². The number of anilines is 2. The first kappa shape index (κ1) is 23.0. The standard InChI is InChI=1S/C30H25ClFN3/c1-21-28(20-33)29(35-17-15-34(16-18-35)26-5-3-2-4-6-26)19-27(22-7-11-24(31)12-8-22)30(21)23-9-13-25(32)14-10-23/h2-14,19H,15-18H2,1H3. The maximum absolute atomic E-state index is 13.7. The quantitative estimate of drug-likeness (QED) is 0.306. The van der Waals surface area contributed by atoms with Crippen molar-refractivity contribution in [2.45, 2.75) is 6.92 Å². The lowest BCUT2D eigenvalue weighted by atomic mass is 9.87. The van der Waals surface area contributed by atoms with Gasteiger partial charge in [-0.3, -0.25) is 0 Å². The number of hydrogen-bond donors (Lipinski definition) is 0. The van der Waals surface area contributed by atoms with Gasteiger partial charge in [0.2, 0.25) is 0 Å². The van der Waals surface area contributed by atoms with E-state index in [9.17, 15) is 9.65 Å². The Labute approximate surface area is 210 Å². The molecule has 0 amide bonds. The Morgan fingerprint density at radius 1 is 0.800 bits per heavy atom. The van der Waals surface area contributed by atoms with Crippen molar-refractivity contribution in [1.82, 2.24) is 0 Å². The zero-order valence-corrected chi connectivity index (χ0v) is 20.3. The SMILES string of the molecule is Cc1c(C#N)c(N2CCN(c3ccccc3)CC2)cc(-c2ccc(Cl)cc2)c1-c1ccc(F)cc1. The van der Waals surface area contributed by atoms with Crippen molar-refractivity contribution in [2.24, 2.45) is 0 Å². The summed E-state index contributed by atoms with van der Waals surface area (Å²) in [7, 11) is 0. The van der Waals surface area contributed by atoms with E-state index in [2.05, 4.69) is 46.2 Å². The van der Waals surface area contributed by atoms with Crippen molar-refractivity contribution in [3.8, 4) is 28.3 Å². The fourth-order valence-electron chi connectivity index (χ4n) is 4.88. The second-order valence-corrected chi connectivity index (χ2v) is 9.19. The molecule has 0 unspecified atom stereocenters. The fraction of sp³-hybridized carbons (Fsp3) is 0.167. The van der Waals surface area contributed by atoms with Crippen LogP contribution in [0.5, 0.6) is 0 Å². The lowest BCUT2D eigenvalue weighted by Crippen LogP contribution is -2.46. The summed E-state index contributed by atoms with van der Waals surface area (Å²) in [5.74, 6) is -0.284. The van der Waals surface area contributed by atoms with E-state index in [4.69, 9.17) is 11.6 Å². The minimum absolute atomic E-state index is 0.284. The second kappa shape index (κ2) is 9.82. The van der Waals surface area contributed by atoms with Crippen LogP contribution in [0.4, 0.5) is 15.8 Å². The molecule has 0 atom stereocenters. The number of benzene rings is 4. The van der Waals surface area contributed by atoms with Gasteiger partial charge in [0.1, 0.15) is 11.9 Å². The van der Waals surface area contributed by atoms with E-state index in [-0.39, 0.29) is 5.82 Å². The largest absolute Gasteiger partial charge is 0.368 e. The minimum Gasteiger partial charge on any atom is -0.368 e. The Bertz CT molecular complexity index is 1370. The number of para-hydroxylation sites is 1. The van der Waals surface area contributed by atoms with Crippen molar-refractivity contribution in [3.63, 3.8) is 0 Å². The smallest absolute Gasteiger partial charge is 0.123 e. The van der Waals surface area contributed by atoms with E-state index >= 15 is 0 Å². The Morgan fingerprint density at radius 2 is 1.40 bits per heavy atom. The van der Waals surface area contributed by atoms with E-state index < -0.39 is 0 Å². The predicted molar refractivity (Wildman–Crippen MR) is 143 cm³/mol. The van der Waals surface area contributed by atoms with Crippen molar-refractivity contribution in [1.29, 1.82) is 5.26 Å². The molecular formula is C30H25ClFN3. The lowest BCUT2D eigenvalue weighted by molar-refractivity contribution is 0.628. The molecule has 174 valence electrons. The van der Waals surface area contributed by atoms with Gasteiger partial charge in [0.15, 0.2) is 0 Å². The van der Waals surface area contributed by atoms with Crippen molar-refractivity contribution < 1.29 is 4.39 Å². The normalized spacial score (nSPS) is 13.5. The van der Waals surface area contributed by atoms with Gasteiger partial charge in [-0.15, -0.1) is 0 Å². The van der Waals surface area contributed by atoms with Gasteiger partial charge in [0.25, 0.3) is 0 Å². The van der Waals surface area contributed by atoms with E-state index in [1.54, 1.807) is 12.1 Å². The molecule has 0 saturated carbocycles. The highest BCUT2D eigenvalue weighted by Crippen LogP contribution is 2.41. The fourth-order valence-corrected chi connectivity index (χ4v) is 5.01. The predicted octanol–water partition coefficient (Wildman–Crippen LogP) is 7.32. The van der Waals surface area contributed by atoms with Crippen LogP contribution in [0.2, 0.25) is 5.02 Å². The van der Waals surface area contributed by atoms with Crippen LogP contribution in [-0.2, 0) is 0 Å². The highest BCUT2D eigenvalue weighted by Gasteiger charge is 2.24. The number of hydrogen-bond acceptors (Lipinski definition) is 3. The van der Waals surface area contributed by atoms with E-state index in [1.165, 1.54) is 17.8 Å². The van der Waals surface area contributed by atoms with Crippen LogP contribution in [0.25, 0.3) is 22.3 Å². The summed E-state index contributed by atoms with van der Waals surface area (Å²) in [6, 6.07) is 29.2. The van der Waals surface area contributed by atoms with Crippen molar-refractivity contribution in [2.75, 3.05) is 36.0 Å². The molecule has 3 nitrogen and oxygen atoms in total. The Hall–Kier alpha value is -3.81. The summed E-state index contributed by atoms with van der Waals surface area (Å²) in [5, 5.41) is 10.9. The van der Waals surface area contributed by atoms with Gasteiger partial charge in [-0.05, 0) is 77.2 Å². The summed E-state index contributed by atoms with van der Waals surface area (Å²) < 4.78 is 13.7. The number of nitriles is 1. The minimum atomic E-state index is -0.284. The summed E-state index contributed by atoms with van der Waals surface area (Å²) in [5.41, 5.74) is 7.55. The maximum Gasteiger partial charge on any atom is 0.123 e. The van der Waals surface area contributed by atoms with Crippen LogP contribution in [-0.4, -0.2) is 26.2 Å². The Morgan fingerprint density at radius 3 is 2.03 bits per heavy atom. The molecule has 0 aliphatic carbocycles. The number of piperazine rings is 1. The molecule has 1 aliphatic rings. The van der Waals surface area contributed by atoms with Gasteiger partial charge >= 0.3 is 0 Å². The molecule has 35 heavy (non-hydrogen) atoms. The average molecular weight is 482 g/mol. The first-order valence-electron chi connectivity index (χ1n) is 11.7. The molecule has 1 aliphatic heterocycles. The number of halogens is 2. The van der Waals surface area contributed by atoms with E-state index in [0.717, 1.165) is 59.7 Å². The molecule has 1 saturated heterocycles. The third-order valence-corrected chi connectivity index (χ3v) is 6.95. The first-order valence-corrected chi connectivity index (χ1v) is 12.1. The van der Waals surface area contributed by atoms with Crippen LogP contribution in [0, 0.1) is 24.1 Å². The summed E-state index contributed by atoms with van der Waals surface area (Å²) in [6.07, 6.45) is 0. The van der Waals surface area contributed by atoms with Crippen molar-refractivity contribution in [3.05, 3.63) is 107 Å². The third kappa shape index (κ3) is 4.60. The molecular weight excluding hydrogens is 457 g/mol. The molecule has 4 aromatic rings. The molecule has 0 N–H and O–H groups in total. The van der Waals surface area contributed by atoms with Crippen molar-refractivity contribution >= 4 is 23.0 Å². The molecule has 1 fully saturated rings. The molecule has 1 heterocycles. The van der Waals surface area contributed by atoms with E-state index in [0.29, 0.717) is 10.6 Å². The first-order chi connectivity index (χ1) is 17.0. The molecule has 5 heteroatoms. The zero-order chi connectivity index (χ0) is 24.4. The monoisotopic (exact) mass is 481 g/mol. The van der Waals surface area contributed by atoms with Crippen LogP contribution in [0.15, 0.2) is 84.9 Å². The van der Waals surface area contributed by atoms with Crippen LogP contribution < -0.4 is 9.80 Å². The molecule has 0 radical (unpaired) electrons. The van der Waals surface area contributed by atoms with Gasteiger partial charge in [0.05, 0.1) is 11.3 Å². The van der Waals surface area contributed by atoms with Crippen LogP contribution >= 0.6 is 11.6 Å². The maximum atomic E-state index is 13.7. The second-order valence-electron chi connectivity index (χ2n) is 8.75. The Kier molecular flexibility index (Phi) is 6.44. The molecule has 0 spiro atoms. The summed E-state index contributed by atoms with van der Waals surface area (Å²) in [4.78, 5) is 4.68. The van der Waals surface area contributed by atoms with Crippen LogP contribution in [0.3, 0.4) is 0 Å². The molecule has 0 aromatic heterocycles. The third-order valence-electron chi connectivity index (χ3n) is 6.70. The number of nitrogens with zero attached hydrogens (tertiary/aromatic N) is 3. The van der Waals surface area contributed by atoms with Gasteiger partial charge < -0.3 is 9.80 Å². The highest BCUT2D eigenvalue weighted by atomic mass is 35.5. The van der Waals surface area contributed by atoms with Crippen LogP contribution in [0.1, 0.15) is 11.1 Å². The average Bonchev–Trinajstić information content (AvgIpc) is 2.90. The molecule has 4 aromatic carbocycles. The van der Waals surface area contributed by atoms with Gasteiger partial charge in [-0.25, -0.2) is 4.39 Å². The van der Waals surface area contributed by atoms with Gasteiger partial charge in [0, 0.05) is 36.9 Å². The topological polar surface area (TPSA) is 30.3 Å². The zero-order valence-electron chi connectivity index (χ0n) is 19.5. The van der Waals surface area contributed by atoms with Gasteiger partial charge in [-0.1, -0.05) is 54.1 Å². The lowest BCUT2D eigenvalue weighted by Gasteiger charge is -2.38. The number of rotatable bonds is 4. The van der Waals surface area contributed by atoms with Gasteiger partial charge in [-0.2, -0.15) is 5.26 Å². The molecule has 5 rings (SSSR count). The summed E-state index contributed by atoms with van der Waals surface area (Å²) in [6.45, 7) is 5.38. The highest BCUT2D eigenvalue weighted by molar-refractivity contribution is 6.30. The summed E-state index contributed by atoms with van der Waals surface area (Å²) >= 11 is 6.17. The Balaban J connectivity index is 1.59.